The van der Waals surface area contributed by atoms with Gasteiger partial charge in [-0.25, -0.2) is 0 Å². The van der Waals surface area contributed by atoms with Crippen molar-refractivity contribution in [3.05, 3.63) is 21.7 Å². The van der Waals surface area contributed by atoms with Gasteiger partial charge in [0.15, 0.2) is 12.0 Å². The van der Waals surface area contributed by atoms with Gasteiger partial charge in [-0.05, 0) is 55.4 Å². The van der Waals surface area contributed by atoms with Gasteiger partial charge in [0.1, 0.15) is 23.5 Å². The minimum absolute atomic E-state index is 0.0680. The monoisotopic (exact) mass is 606 g/mol. The highest BCUT2D eigenvalue weighted by atomic mass is 79.9. The molecule has 6 aliphatic rings. The average Bonchev–Trinajstić information content (AvgIpc) is 3.32. The van der Waals surface area contributed by atoms with Crippen molar-refractivity contribution in [1.29, 1.82) is 0 Å². The molecule has 1 spiro atoms. The van der Waals surface area contributed by atoms with E-state index in [9.17, 15) is 5.11 Å². The number of quaternary nitrogens is 1. The number of rotatable bonds is 5. The molecule has 1 aromatic carbocycles. The van der Waals surface area contributed by atoms with Crippen molar-refractivity contribution in [2.45, 2.75) is 107 Å². The van der Waals surface area contributed by atoms with Crippen molar-refractivity contribution < 1.29 is 28.2 Å². The fraction of sp³-hybridized carbons (Fsp3) is 0.800. The summed E-state index contributed by atoms with van der Waals surface area (Å²) in [4.78, 5) is 0. The first-order chi connectivity index (χ1) is 17.8. The van der Waals surface area contributed by atoms with E-state index in [0.717, 1.165) is 58.6 Å². The van der Waals surface area contributed by atoms with Crippen molar-refractivity contribution in [3.8, 4) is 11.5 Å². The maximum atomic E-state index is 13.1. The smallest absolute Gasteiger partial charge is 0.250 e. The normalized spacial score (nSPS) is 40.2. The van der Waals surface area contributed by atoms with Gasteiger partial charge in [-0.2, -0.15) is 0 Å². The van der Waals surface area contributed by atoms with Gasteiger partial charge in [-0.1, -0.05) is 36.7 Å². The molecule has 3 unspecified atom stereocenters. The van der Waals surface area contributed by atoms with Crippen LogP contribution in [0, 0.1) is 11.8 Å². The van der Waals surface area contributed by atoms with Crippen molar-refractivity contribution in [3.63, 3.8) is 0 Å². The number of nitrogens with zero attached hydrogens (tertiary/aromatic N) is 1. The van der Waals surface area contributed by atoms with Gasteiger partial charge in [-0.3, -0.25) is 0 Å². The van der Waals surface area contributed by atoms with Crippen molar-refractivity contribution in [2.24, 2.45) is 11.8 Å². The van der Waals surface area contributed by atoms with E-state index < -0.39 is 19.3 Å². The van der Waals surface area contributed by atoms with Crippen LogP contribution in [0.25, 0.3) is 0 Å². The highest BCUT2D eigenvalue weighted by Gasteiger charge is 2.77. The van der Waals surface area contributed by atoms with Gasteiger partial charge in [0, 0.05) is 34.7 Å². The van der Waals surface area contributed by atoms with E-state index >= 15 is 0 Å². The van der Waals surface area contributed by atoms with Crippen LogP contribution in [-0.4, -0.2) is 75.3 Å². The summed E-state index contributed by atoms with van der Waals surface area (Å²) in [6.45, 7) is 14.9. The standard InChI is InChI=1S/C30H45BrNO5Si/c1-28(2,3)38(5,6)37-22-16-21(31)20-15-23-30(33)10-9-19(27-34-13-14-35-27)26-29(30,24(20)25(22)36-26)11-12-32(23,4)17-18-7-8-18/h16,18-19,23,26-27,33H,7-15,17H2,1-6H3/q+1/t19?,23-,26+,29+,30?,32?/m1/s1. The summed E-state index contributed by atoms with van der Waals surface area (Å²) in [6.07, 6.45) is 5.67. The van der Waals surface area contributed by atoms with Crippen LogP contribution in [0.1, 0.15) is 64.0 Å². The highest BCUT2D eigenvalue weighted by molar-refractivity contribution is 9.10. The number of aliphatic hydroxyl groups is 1. The molecule has 0 amide bonds. The van der Waals surface area contributed by atoms with E-state index in [2.05, 4.69) is 62.9 Å². The zero-order valence-corrected chi connectivity index (χ0v) is 26.5. The first-order valence-electron chi connectivity index (χ1n) is 14.8. The molecule has 2 bridgehead atoms. The van der Waals surface area contributed by atoms with Crippen LogP contribution < -0.4 is 9.16 Å². The van der Waals surface area contributed by atoms with E-state index in [1.807, 2.05) is 0 Å². The largest absolute Gasteiger partial charge is 0.541 e. The maximum Gasteiger partial charge on any atom is 0.250 e. The number of piperidine rings is 1. The van der Waals surface area contributed by atoms with Crippen molar-refractivity contribution in [1.82, 2.24) is 0 Å². The molecule has 3 aliphatic carbocycles. The molecule has 1 N–H and O–H groups in total. The SMILES string of the molecule is CC(C)(C)[Si](C)(C)Oc1cc(Br)c2c3c1O[C@H]1C(C4OCCO4)CCC4(O)[C@@H](C2)[N+](C)(CC2CC2)CC[C@]314. The molecule has 2 saturated carbocycles. The molecule has 3 heterocycles. The molecule has 210 valence electrons. The number of likely N-dealkylation sites (tertiary alicyclic amines) is 1. The number of hydrogen-bond acceptors (Lipinski definition) is 5. The van der Waals surface area contributed by atoms with Crippen LogP contribution >= 0.6 is 15.9 Å². The van der Waals surface area contributed by atoms with Gasteiger partial charge in [0.05, 0.1) is 38.8 Å². The summed E-state index contributed by atoms with van der Waals surface area (Å²) >= 11 is 4.01. The highest BCUT2D eigenvalue weighted by Crippen LogP contribution is 2.69. The van der Waals surface area contributed by atoms with Gasteiger partial charge >= 0.3 is 0 Å². The minimum atomic E-state index is -2.12. The van der Waals surface area contributed by atoms with Gasteiger partial charge in [0.25, 0.3) is 8.32 Å². The fourth-order valence-electron chi connectivity index (χ4n) is 8.63. The molecule has 0 radical (unpaired) electrons. The second kappa shape index (κ2) is 8.22. The zero-order chi connectivity index (χ0) is 26.9. The molecule has 4 fully saturated rings. The van der Waals surface area contributed by atoms with Crippen LogP contribution in [0.5, 0.6) is 11.5 Å². The topological polar surface area (TPSA) is 57.2 Å². The van der Waals surface area contributed by atoms with E-state index in [1.165, 1.54) is 30.5 Å². The Kier molecular flexibility index (Phi) is 5.68. The maximum absolute atomic E-state index is 13.1. The third kappa shape index (κ3) is 3.43. The van der Waals surface area contributed by atoms with Crippen LogP contribution in [0.2, 0.25) is 18.1 Å². The molecule has 6 atom stereocenters. The van der Waals surface area contributed by atoms with Gasteiger partial charge in [0.2, 0.25) is 0 Å². The molecule has 38 heavy (non-hydrogen) atoms. The Morgan fingerprint density at radius 1 is 1.16 bits per heavy atom. The third-order valence-corrected chi connectivity index (χ3v) is 16.8. The van der Waals surface area contributed by atoms with Crippen LogP contribution in [0.4, 0.5) is 0 Å². The molecular weight excluding hydrogens is 562 g/mol. The number of likely N-dealkylation sites (N-methyl/N-ethyl adjacent to an activating group) is 1. The average molecular weight is 608 g/mol. The molecule has 7 rings (SSSR count). The molecule has 8 heteroatoms. The number of ether oxygens (including phenoxy) is 3. The summed E-state index contributed by atoms with van der Waals surface area (Å²) in [5.41, 5.74) is 1.27. The lowest BCUT2D eigenvalue weighted by molar-refractivity contribution is -0.950. The first kappa shape index (κ1) is 26.3. The van der Waals surface area contributed by atoms with Crippen molar-refractivity contribution in [2.75, 3.05) is 33.4 Å². The lowest BCUT2D eigenvalue weighted by Gasteiger charge is -2.66. The van der Waals surface area contributed by atoms with E-state index in [0.29, 0.717) is 13.2 Å². The second-order valence-electron chi connectivity index (χ2n) is 14.9. The zero-order valence-electron chi connectivity index (χ0n) is 23.9. The third-order valence-electron chi connectivity index (χ3n) is 11.8. The Bertz CT molecular complexity index is 1160. The molecule has 2 saturated heterocycles. The van der Waals surface area contributed by atoms with Gasteiger partial charge < -0.3 is 28.2 Å². The van der Waals surface area contributed by atoms with Gasteiger partial charge in [-0.15, -0.1) is 0 Å². The summed E-state index contributed by atoms with van der Waals surface area (Å²) in [7, 11) is 0.297. The lowest BCUT2D eigenvalue weighted by atomic mass is 9.47. The first-order valence-corrected chi connectivity index (χ1v) is 18.5. The number of benzene rings is 1. The van der Waals surface area contributed by atoms with Crippen LogP contribution in [-0.2, 0) is 21.3 Å². The van der Waals surface area contributed by atoms with E-state index in [1.54, 1.807) is 0 Å². The predicted octanol–water partition coefficient (Wildman–Crippen LogP) is 5.53. The van der Waals surface area contributed by atoms with E-state index in [4.69, 9.17) is 18.6 Å². The molecule has 3 aliphatic heterocycles. The molecular formula is C30H45BrNO5Si+. The number of hydrogen-bond donors (Lipinski definition) is 1. The Balaban J connectivity index is 1.41. The van der Waals surface area contributed by atoms with Crippen LogP contribution in [0.15, 0.2) is 10.5 Å². The number of halogens is 1. The lowest BCUT2D eigenvalue weighted by Crippen LogP contribution is -2.81. The Morgan fingerprint density at radius 2 is 1.87 bits per heavy atom. The fourth-order valence-corrected chi connectivity index (χ4v) is 10.2. The summed E-state index contributed by atoms with van der Waals surface area (Å²) in [5.74, 6) is 2.64. The Labute approximate surface area is 237 Å². The second-order valence-corrected chi connectivity index (χ2v) is 20.5. The Morgan fingerprint density at radius 3 is 2.53 bits per heavy atom. The molecule has 6 nitrogen and oxygen atoms in total. The minimum Gasteiger partial charge on any atom is -0.541 e. The summed E-state index contributed by atoms with van der Waals surface area (Å²) in [6, 6.07) is 2.34. The van der Waals surface area contributed by atoms with Crippen LogP contribution in [0.3, 0.4) is 0 Å². The quantitative estimate of drug-likeness (QED) is 0.353. The summed E-state index contributed by atoms with van der Waals surface area (Å²) < 4.78 is 28.4. The molecule has 0 aromatic heterocycles. The summed E-state index contributed by atoms with van der Waals surface area (Å²) in [5, 5.41) is 13.1. The van der Waals surface area contributed by atoms with E-state index in [-0.39, 0.29) is 29.4 Å². The predicted molar refractivity (Wildman–Crippen MR) is 152 cm³/mol. The Hall–Kier alpha value is -0.643. The molecule has 1 aromatic rings. The van der Waals surface area contributed by atoms with Crippen molar-refractivity contribution >= 4 is 24.2 Å².